The van der Waals surface area contributed by atoms with Gasteiger partial charge in [0.2, 0.25) is 0 Å². The summed E-state index contributed by atoms with van der Waals surface area (Å²) in [6.07, 6.45) is 7.79. The van der Waals surface area contributed by atoms with E-state index in [4.69, 9.17) is 0 Å². The molecule has 2 nitrogen and oxygen atoms in total. The van der Waals surface area contributed by atoms with Crippen molar-refractivity contribution >= 4 is 41.0 Å². The molecule has 1 atom stereocenters. The van der Waals surface area contributed by atoms with Gasteiger partial charge in [0, 0.05) is 27.2 Å². The highest BCUT2D eigenvalue weighted by atomic mass is 32.1. The van der Waals surface area contributed by atoms with Crippen LogP contribution < -0.4 is 4.72 Å². The van der Waals surface area contributed by atoms with E-state index >= 15 is 0 Å². The topological polar surface area (TPSA) is 35.8 Å². The van der Waals surface area contributed by atoms with E-state index in [0.717, 1.165) is 34.4 Å². The molecule has 0 fully saturated rings. The molecule has 30 heavy (non-hydrogen) atoms. The molecule has 0 aliphatic heterocycles. The van der Waals surface area contributed by atoms with E-state index in [1.54, 1.807) is 11.3 Å². The molecule has 1 unspecified atom stereocenters. The highest BCUT2D eigenvalue weighted by Gasteiger charge is 2.22. The number of hydrogen-bond acceptors (Lipinski definition) is 4. The summed E-state index contributed by atoms with van der Waals surface area (Å²) in [5, 5.41) is 12.0. The molecule has 1 aromatic heterocycles. The van der Waals surface area contributed by atoms with Crippen LogP contribution >= 0.6 is 24.2 Å². The molecule has 0 radical (unpaired) electrons. The molecule has 1 aliphatic rings. The number of rotatable bonds is 5. The van der Waals surface area contributed by atoms with Crippen LogP contribution in [0.5, 0.6) is 0 Å². The van der Waals surface area contributed by atoms with E-state index in [1.165, 1.54) is 10.5 Å². The smallest absolute Gasteiger partial charge is 0.0998 e. The van der Waals surface area contributed by atoms with Crippen LogP contribution in [0.4, 0.5) is 5.69 Å². The Morgan fingerprint density at radius 3 is 2.47 bits per heavy atom. The third-order valence-corrected chi connectivity index (χ3v) is 6.38. The molecule has 0 saturated heterocycles. The fraction of sp³-hybridized carbons (Fsp3) is 0.115. The Balaban J connectivity index is 2.12. The number of allylic oxidation sites excluding steroid dienone is 5. The van der Waals surface area contributed by atoms with Gasteiger partial charge in [0.1, 0.15) is 0 Å². The first-order valence-electron chi connectivity index (χ1n) is 9.88. The molecule has 4 rings (SSSR count). The number of anilines is 1. The van der Waals surface area contributed by atoms with E-state index in [2.05, 4.69) is 72.3 Å². The molecule has 4 heteroatoms. The van der Waals surface area contributed by atoms with Gasteiger partial charge in [-0.15, -0.1) is 11.3 Å². The summed E-state index contributed by atoms with van der Waals surface area (Å²) in [6.45, 7) is 2.23. The van der Waals surface area contributed by atoms with Gasteiger partial charge in [-0.2, -0.15) is 5.26 Å². The zero-order chi connectivity index (χ0) is 20.9. The van der Waals surface area contributed by atoms with Gasteiger partial charge >= 0.3 is 0 Å². The molecule has 0 spiro atoms. The van der Waals surface area contributed by atoms with E-state index in [0.29, 0.717) is 11.5 Å². The number of nitrogens with one attached hydrogen (secondary N) is 1. The maximum Gasteiger partial charge on any atom is 0.0998 e. The largest absolute Gasteiger partial charge is 0.332 e. The molecular formula is C26H22N2S2. The van der Waals surface area contributed by atoms with Crippen LogP contribution in [0.1, 0.15) is 34.9 Å². The summed E-state index contributed by atoms with van der Waals surface area (Å²) in [5.74, 6) is 0.527. The molecular weight excluding hydrogens is 404 g/mol. The lowest BCUT2D eigenvalue weighted by Crippen LogP contribution is -2.03. The van der Waals surface area contributed by atoms with Crippen molar-refractivity contribution in [1.29, 1.82) is 5.26 Å². The van der Waals surface area contributed by atoms with Crippen molar-refractivity contribution in [3.63, 3.8) is 0 Å². The Morgan fingerprint density at radius 2 is 1.80 bits per heavy atom. The van der Waals surface area contributed by atoms with Gasteiger partial charge in [-0.05, 0) is 41.5 Å². The van der Waals surface area contributed by atoms with Crippen LogP contribution in [0.2, 0.25) is 0 Å². The molecule has 0 saturated carbocycles. The van der Waals surface area contributed by atoms with Gasteiger partial charge in [-0.3, -0.25) is 0 Å². The summed E-state index contributed by atoms with van der Waals surface area (Å²) in [7, 11) is 0. The molecule has 1 heterocycles. The van der Waals surface area contributed by atoms with Crippen LogP contribution in [0.15, 0.2) is 89.8 Å². The van der Waals surface area contributed by atoms with Crippen molar-refractivity contribution in [3.8, 4) is 6.07 Å². The predicted molar refractivity (Wildman–Crippen MR) is 131 cm³/mol. The third-order valence-electron chi connectivity index (χ3n) is 5.25. The number of nitrogens with zero attached hydrogens (tertiary/aromatic N) is 1. The summed E-state index contributed by atoms with van der Waals surface area (Å²) in [6, 6.07) is 22.5. The van der Waals surface area contributed by atoms with Gasteiger partial charge < -0.3 is 4.72 Å². The van der Waals surface area contributed by atoms with Crippen molar-refractivity contribution in [2.24, 2.45) is 5.92 Å². The van der Waals surface area contributed by atoms with E-state index in [-0.39, 0.29) is 0 Å². The van der Waals surface area contributed by atoms with Crippen molar-refractivity contribution in [1.82, 2.24) is 0 Å². The predicted octanol–water partition coefficient (Wildman–Crippen LogP) is 7.36. The average Bonchev–Trinajstić information content (AvgIpc) is 3.32. The minimum absolute atomic E-state index is 0.527. The fourth-order valence-electron chi connectivity index (χ4n) is 3.76. The monoisotopic (exact) mass is 426 g/mol. The molecule has 1 aliphatic carbocycles. The Kier molecular flexibility index (Phi) is 6.23. The lowest BCUT2D eigenvalue weighted by atomic mass is 9.83. The fourth-order valence-corrected chi connectivity index (χ4v) is 4.75. The molecule has 1 N–H and O–H groups in total. The number of para-hydroxylation sites is 1. The SMILES string of the molecule is CC1C=CC(/C(=C(/c2ccccc2C#N)c2ccccc2NS)c2cccs2)=CC1. The van der Waals surface area contributed by atoms with Crippen LogP contribution in [0, 0.1) is 17.2 Å². The van der Waals surface area contributed by atoms with Crippen LogP contribution in [0.3, 0.4) is 0 Å². The van der Waals surface area contributed by atoms with Crippen molar-refractivity contribution < 1.29 is 0 Å². The van der Waals surface area contributed by atoms with Gasteiger partial charge in [0.25, 0.3) is 0 Å². The Bertz CT molecular complexity index is 1180. The van der Waals surface area contributed by atoms with Crippen molar-refractivity contribution in [2.75, 3.05) is 4.72 Å². The summed E-state index contributed by atoms with van der Waals surface area (Å²) >= 11 is 6.07. The summed E-state index contributed by atoms with van der Waals surface area (Å²) < 4.78 is 3.04. The van der Waals surface area contributed by atoms with Gasteiger partial charge in [-0.25, -0.2) is 0 Å². The second-order valence-corrected chi connectivity index (χ2v) is 8.44. The number of hydrogen-bond donors (Lipinski definition) is 2. The third kappa shape index (κ3) is 4.00. The molecule has 0 amide bonds. The maximum absolute atomic E-state index is 9.87. The first-order valence-corrected chi connectivity index (χ1v) is 11.2. The molecule has 0 bridgehead atoms. The van der Waals surface area contributed by atoms with E-state index in [9.17, 15) is 5.26 Å². The maximum atomic E-state index is 9.87. The van der Waals surface area contributed by atoms with Crippen LogP contribution in [-0.4, -0.2) is 0 Å². The number of benzene rings is 2. The molecule has 3 aromatic rings. The number of thiophene rings is 1. The highest BCUT2D eigenvalue weighted by Crippen LogP contribution is 2.43. The standard InChI is InChI=1S/C26H22N2S2/c1-18-12-14-19(15-13-18)25(24-11-6-16-30-24)26(21-8-3-2-7-20(21)17-27)22-9-4-5-10-23(22)28-29/h2-12,14-16,18,28-29H,13H2,1H3/b26-25+. The molecule has 2 aromatic carbocycles. The normalized spacial score (nSPS) is 16.4. The number of thiol groups is 1. The van der Waals surface area contributed by atoms with Gasteiger partial charge in [0.05, 0.1) is 17.3 Å². The zero-order valence-electron chi connectivity index (χ0n) is 16.7. The van der Waals surface area contributed by atoms with Crippen LogP contribution in [-0.2, 0) is 0 Å². The van der Waals surface area contributed by atoms with Crippen molar-refractivity contribution in [2.45, 2.75) is 13.3 Å². The summed E-state index contributed by atoms with van der Waals surface area (Å²) in [5.41, 5.74) is 6.88. The lowest BCUT2D eigenvalue weighted by molar-refractivity contribution is 0.734. The van der Waals surface area contributed by atoms with Crippen LogP contribution in [0.25, 0.3) is 11.1 Å². The van der Waals surface area contributed by atoms with Crippen molar-refractivity contribution in [3.05, 3.63) is 111 Å². The first kappa shape index (κ1) is 20.3. The second kappa shape index (κ2) is 9.21. The average molecular weight is 427 g/mol. The second-order valence-electron chi connectivity index (χ2n) is 7.27. The van der Waals surface area contributed by atoms with Gasteiger partial charge in [-0.1, -0.05) is 80.4 Å². The lowest BCUT2D eigenvalue weighted by Gasteiger charge is -2.22. The number of nitriles is 1. The van der Waals surface area contributed by atoms with E-state index < -0.39 is 0 Å². The Labute approximate surface area is 187 Å². The summed E-state index contributed by atoms with van der Waals surface area (Å²) in [4.78, 5) is 1.18. The first-order chi connectivity index (χ1) is 14.7. The molecule has 148 valence electrons. The quantitative estimate of drug-likeness (QED) is 0.418. The van der Waals surface area contributed by atoms with E-state index in [1.807, 2.05) is 42.5 Å². The van der Waals surface area contributed by atoms with Gasteiger partial charge in [0.15, 0.2) is 0 Å². The Morgan fingerprint density at radius 1 is 1.03 bits per heavy atom. The highest BCUT2D eigenvalue weighted by molar-refractivity contribution is 7.81. The Hall–Kier alpha value is -3.00. The minimum atomic E-state index is 0.527. The minimum Gasteiger partial charge on any atom is -0.332 e. The zero-order valence-corrected chi connectivity index (χ0v) is 18.4.